The van der Waals surface area contributed by atoms with E-state index in [0.717, 1.165) is 5.56 Å². The van der Waals surface area contributed by atoms with E-state index in [-0.39, 0.29) is 11.2 Å². The quantitative estimate of drug-likeness (QED) is 0.752. The van der Waals surface area contributed by atoms with Gasteiger partial charge in [0, 0.05) is 5.54 Å². The summed E-state index contributed by atoms with van der Waals surface area (Å²) < 4.78 is 1.26. The Kier molecular flexibility index (Phi) is 2.45. The summed E-state index contributed by atoms with van der Waals surface area (Å²) in [6.45, 7) is 7.39. The number of fused-ring (bicyclic) bond motifs is 1. The van der Waals surface area contributed by atoms with Crippen LogP contribution >= 0.6 is 0 Å². The van der Waals surface area contributed by atoms with Crippen LogP contribution in [0.3, 0.4) is 0 Å². The first-order valence-corrected chi connectivity index (χ1v) is 5.57. The molecule has 0 saturated heterocycles. The minimum absolute atomic E-state index is 0.236. The van der Waals surface area contributed by atoms with E-state index < -0.39 is 5.54 Å². The maximum atomic E-state index is 12.3. The lowest BCUT2D eigenvalue weighted by molar-refractivity contribution is 0.369. The second-order valence-electron chi connectivity index (χ2n) is 5.24. The van der Waals surface area contributed by atoms with Crippen LogP contribution in [0.25, 0.3) is 10.9 Å². The van der Waals surface area contributed by atoms with Crippen LogP contribution in [0.15, 0.2) is 27.8 Å². The van der Waals surface area contributed by atoms with Crippen LogP contribution in [0.1, 0.15) is 26.3 Å². The maximum absolute atomic E-state index is 12.3. The number of hydrogen-bond donors (Lipinski definition) is 1. The second-order valence-corrected chi connectivity index (χ2v) is 5.24. The monoisotopic (exact) mass is 232 g/mol. The number of hydrogen-bond acceptors (Lipinski definition) is 2. The molecule has 0 unspecified atom stereocenters. The topological polar surface area (TPSA) is 54.9 Å². The van der Waals surface area contributed by atoms with Crippen molar-refractivity contribution in [1.82, 2.24) is 9.55 Å². The molecule has 90 valence electrons. The molecule has 1 N–H and O–H groups in total. The molecule has 0 amide bonds. The minimum atomic E-state index is -0.525. The maximum Gasteiger partial charge on any atom is 0.329 e. The fourth-order valence-electron chi connectivity index (χ4n) is 2.00. The van der Waals surface area contributed by atoms with Crippen LogP contribution in [0.2, 0.25) is 0 Å². The predicted octanol–water partition coefficient (Wildman–Crippen LogP) is 1.75. The molecule has 0 atom stereocenters. The highest BCUT2D eigenvalue weighted by Gasteiger charge is 2.19. The van der Waals surface area contributed by atoms with Crippen LogP contribution < -0.4 is 11.2 Å². The summed E-state index contributed by atoms with van der Waals surface area (Å²) in [6, 6.07) is 5.44. The highest BCUT2D eigenvalue weighted by molar-refractivity contribution is 5.80. The Morgan fingerprint density at radius 3 is 2.41 bits per heavy atom. The first kappa shape index (κ1) is 11.6. The van der Waals surface area contributed by atoms with Gasteiger partial charge in [0.15, 0.2) is 0 Å². The molecule has 4 heteroatoms. The standard InChI is InChI=1S/C13H16N2O2/c1-8-6-5-7-9-10(8)14-12(17)15(11(9)16)13(2,3)4/h5-7H,1-4H3,(H,14,17). The summed E-state index contributed by atoms with van der Waals surface area (Å²) in [5.74, 6) is 0. The Bertz CT molecular complexity index is 687. The second kappa shape index (κ2) is 3.58. The summed E-state index contributed by atoms with van der Waals surface area (Å²) in [5.41, 5.74) is 0.410. The number of aryl methyl sites for hydroxylation is 1. The largest absolute Gasteiger partial charge is 0.329 e. The Morgan fingerprint density at radius 2 is 1.82 bits per heavy atom. The van der Waals surface area contributed by atoms with Crippen molar-refractivity contribution < 1.29 is 0 Å². The van der Waals surface area contributed by atoms with Gasteiger partial charge in [0.1, 0.15) is 0 Å². The van der Waals surface area contributed by atoms with Crippen molar-refractivity contribution in [2.24, 2.45) is 0 Å². The zero-order valence-corrected chi connectivity index (χ0v) is 10.5. The number of aromatic amines is 1. The molecular weight excluding hydrogens is 216 g/mol. The summed E-state index contributed by atoms with van der Waals surface area (Å²) in [7, 11) is 0. The average molecular weight is 232 g/mol. The average Bonchev–Trinajstić information content (AvgIpc) is 2.17. The highest BCUT2D eigenvalue weighted by atomic mass is 16.2. The fraction of sp³-hybridized carbons (Fsp3) is 0.385. The summed E-state index contributed by atoms with van der Waals surface area (Å²) in [6.07, 6.45) is 0. The molecule has 2 aromatic rings. The van der Waals surface area contributed by atoms with Crippen molar-refractivity contribution in [2.75, 3.05) is 0 Å². The minimum Gasteiger partial charge on any atom is -0.306 e. The van der Waals surface area contributed by atoms with E-state index in [4.69, 9.17) is 0 Å². The number of nitrogens with one attached hydrogen (secondary N) is 1. The van der Waals surface area contributed by atoms with Gasteiger partial charge in [0.25, 0.3) is 5.56 Å². The predicted molar refractivity (Wildman–Crippen MR) is 68.6 cm³/mol. The molecule has 0 aliphatic heterocycles. The van der Waals surface area contributed by atoms with Gasteiger partial charge in [0.05, 0.1) is 10.9 Å². The Morgan fingerprint density at radius 1 is 1.18 bits per heavy atom. The lowest BCUT2D eigenvalue weighted by Crippen LogP contribution is -2.44. The SMILES string of the molecule is Cc1cccc2c(=O)n(C(C)(C)C)c(=O)[nH]c12. The number of rotatable bonds is 0. The molecule has 0 radical (unpaired) electrons. The van der Waals surface area contributed by atoms with Crippen LogP contribution in [-0.4, -0.2) is 9.55 Å². The van der Waals surface area contributed by atoms with E-state index >= 15 is 0 Å². The smallest absolute Gasteiger partial charge is 0.306 e. The van der Waals surface area contributed by atoms with Crippen LogP contribution in [0.5, 0.6) is 0 Å². The molecule has 0 bridgehead atoms. The van der Waals surface area contributed by atoms with Crippen molar-refractivity contribution in [3.8, 4) is 0 Å². The van der Waals surface area contributed by atoms with Crippen molar-refractivity contribution >= 4 is 10.9 Å². The molecule has 1 heterocycles. The fourth-order valence-corrected chi connectivity index (χ4v) is 2.00. The van der Waals surface area contributed by atoms with Crippen LogP contribution in [-0.2, 0) is 5.54 Å². The zero-order chi connectivity index (χ0) is 12.8. The van der Waals surface area contributed by atoms with Crippen molar-refractivity contribution in [3.05, 3.63) is 44.6 Å². The molecule has 2 rings (SSSR count). The van der Waals surface area contributed by atoms with Crippen LogP contribution in [0, 0.1) is 6.92 Å². The number of para-hydroxylation sites is 1. The molecule has 0 saturated carbocycles. The lowest BCUT2D eigenvalue weighted by atomic mass is 10.1. The Hall–Kier alpha value is -1.84. The molecular formula is C13H16N2O2. The summed E-state index contributed by atoms with van der Waals surface area (Å²) in [4.78, 5) is 27.0. The van der Waals surface area contributed by atoms with E-state index in [9.17, 15) is 9.59 Å². The first-order valence-electron chi connectivity index (χ1n) is 5.57. The molecule has 0 aliphatic carbocycles. The van der Waals surface area contributed by atoms with Gasteiger partial charge in [0.2, 0.25) is 0 Å². The van der Waals surface area contributed by atoms with Gasteiger partial charge in [-0.15, -0.1) is 0 Å². The highest BCUT2D eigenvalue weighted by Crippen LogP contribution is 2.13. The van der Waals surface area contributed by atoms with Gasteiger partial charge in [-0.1, -0.05) is 12.1 Å². The first-order chi connectivity index (χ1) is 7.82. The third-order valence-corrected chi connectivity index (χ3v) is 2.81. The number of aromatic nitrogens is 2. The lowest BCUT2D eigenvalue weighted by Gasteiger charge is -2.21. The van der Waals surface area contributed by atoms with Crippen molar-refractivity contribution in [3.63, 3.8) is 0 Å². The van der Waals surface area contributed by atoms with Crippen molar-refractivity contribution in [1.29, 1.82) is 0 Å². The van der Waals surface area contributed by atoms with Gasteiger partial charge in [-0.3, -0.25) is 9.36 Å². The van der Waals surface area contributed by atoms with E-state index in [1.165, 1.54) is 4.57 Å². The third-order valence-electron chi connectivity index (χ3n) is 2.81. The number of benzene rings is 1. The van der Waals surface area contributed by atoms with Gasteiger partial charge in [-0.05, 0) is 39.3 Å². The third kappa shape index (κ3) is 1.79. The zero-order valence-electron chi connectivity index (χ0n) is 10.5. The summed E-state index contributed by atoms with van der Waals surface area (Å²) >= 11 is 0. The molecule has 0 aliphatic rings. The Labute approximate surface area is 98.9 Å². The van der Waals surface area contributed by atoms with E-state index in [1.807, 2.05) is 39.8 Å². The summed E-state index contributed by atoms with van der Waals surface area (Å²) in [5, 5.41) is 0.555. The van der Waals surface area contributed by atoms with Gasteiger partial charge in [-0.25, -0.2) is 4.79 Å². The molecule has 0 spiro atoms. The van der Waals surface area contributed by atoms with Crippen molar-refractivity contribution in [2.45, 2.75) is 33.2 Å². The Balaban J connectivity index is 3.02. The number of nitrogens with zero attached hydrogens (tertiary/aromatic N) is 1. The van der Waals surface area contributed by atoms with Gasteiger partial charge < -0.3 is 4.98 Å². The molecule has 0 fully saturated rings. The van der Waals surface area contributed by atoms with E-state index in [1.54, 1.807) is 6.07 Å². The normalized spacial score (nSPS) is 12.0. The van der Waals surface area contributed by atoms with Gasteiger partial charge >= 0.3 is 5.69 Å². The van der Waals surface area contributed by atoms with Crippen LogP contribution in [0.4, 0.5) is 0 Å². The molecule has 1 aromatic carbocycles. The molecule has 17 heavy (non-hydrogen) atoms. The molecule has 4 nitrogen and oxygen atoms in total. The number of H-pyrrole nitrogens is 1. The van der Waals surface area contributed by atoms with E-state index in [0.29, 0.717) is 10.9 Å². The van der Waals surface area contributed by atoms with E-state index in [2.05, 4.69) is 4.98 Å². The molecule has 1 aromatic heterocycles. The van der Waals surface area contributed by atoms with Gasteiger partial charge in [-0.2, -0.15) is 0 Å².